The Hall–Kier alpha value is -4.50. The van der Waals surface area contributed by atoms with E-state index in [4.69, 9.17) is 25.8 Å². The molecular weight excluding hydrogens is 510 g/mol. The van der Waals surface area contributed by atoms with Gasteiger partial charge in [-0.3, -0.25) is 9.59 Å². The number of aromatic nitrogens is 3. The number of ether oxygens (including phenoxy) is 3. The third kappa shape index (κ3) is 5.42. The van der Waals surface area contributed by atoms with Crippen LogP contribution in [0.25, 0.3) is 11.3 Å². The molecule has 2 aromatic heterocycles. The third-order valence-corrected chi connectivity index (χ3v) is 6.40. The normalized spacial score (nSPS) is 14.2. The number of hydrogen-bond acceptors (Lipinski definition) is 8. The molecule has 0 saturated carbocycles. The van der Waals surface area contributed by atoms with Gasteiger partial charge >= 0.3 is 5.97 Å². The first-order valence-corrected chi connectivity index (χ1v) is 12.1. The van der Waals surface area contributed by atoms with Crippen LogP contribution >= 0.6 is 11.6 Å². The monoisotopic (exact) mass is 531 g/mol. The van der Waals surface area contributed by atoms with Gasteiger partial charge in [-0.25, -0.2) is 4.98 Å². The van der Waals surface area contributed by atoms with Crippen LogP contribution in [-0.2, 0) is 11.2 Å². The first kappa shape index (κ1) is 25.2. The Balaban J connectivity index is 1.24. The number of hydrogen-bond donors (Lipinski definition) is 1. The Kier molecular flexibility index (Phi) is 7.19. The minimum absolute atomic E-state index is 0.0904. The lowest BCUT2D eigenvalue weighted by Gasteiger charge is -2.24. The molecule has 9 nitrogen and oxygen atoms in total. The molecule has 0 saturated heterocycles. The lowest BCUT2D eigenvalue weighted by Crippen LogP contribution is -2.20. The SMILES string of the molecule is COc1ccc(-c2ccc(CC(=O)c3ccc(Oc4cc5c(cc4Cl)C(C(=O)O)CCO5)cc3)nn2)cn1. The second-order valence-electron chi connectivity index (χ2n) is 8.57. The lowest BCUT2D eigenvalue weighted by molar-refractivity contribution is -0.139. The number of carboxylic acids is 1. The maximum absolute atomic E-state index is 12.8. The molecule has 0 fully saturated rings. The summed E-state index contributed by atoms with van der Waals surface area (Å²) in [4.78, 5) is 28.5. The highest BCUT2D eigenvalue weighted by molar-refractivity contribution is 6.32. The van der Waals surface area contributed by atoms with Crippen LogP contribution in [-0.4, -0.2) is 45.8 Å². The van der Waals surface area contributed by atoms with Gasteiger partial charge in [-0.1, -0.05) is 11.6 Å². The molecule has 5 rings (SSSR count). The molecule has 2 aromatic carbocycles. The zero-order valence-corrected chi connectivity index (χ0v) is 21.0. The molecule has 4 aromatic rings. The molecule has 1 N–H and O–H groups in total. The number of Topliss-reactive ketones (excluding diaryl/α,β-unsaturated/α-hetero) is 1. The van der Waals surface area contributed by atoms with Crippen molar-refractivity contribution in [2.45, 2.75) is 18.8 Å². The predicted molar refractivity (Wildman–Crippen MR) is 138 cm³/mol. The number of pyridine rings is 1. The maximum atomic E-state index is 12.8. The number of carbonyl (C=O) groups is 2. The van der Waals surface area contributed by atoms with Gasteiger partial charge in [0.25, 0.3) is 0 Å². The summed E-state index contributed by atoms with van der Waals surface area (Å²) in [6, 6.07) is 16.9. The maximum Gasteiger partial charge on any atom is 0.311 e. The van der Waals surface area contributed by atoms with Crippen molar-refractivity contribution >= 4 is 23.4 Å². The largest absolute Gasteiger partial charge is 0.493 e. The van der Waals surface area contributed by atoms with Crippen molar-refractivity contribution < 1.29 is 28.9 Å². The lowest BCUT2D eigenvalue weighted by atomic mass is 9.93. The van der Waals surface area contributed by atoms with Crippen molar-refractivity contribution in [1.82, 2.24) is 15.2 Å². The number of halogens is 1. The number of nitrogens with zero attached hydrogens (tertiary/aromatic N) is 3. The number of aliphatic carboxylic acids is 1. The van der Waals surface area contributed by atoms with E-state index < -0.39 is 11.9 Å². The molecule has 38 heavy (non-hydrogen) atoms. The second-order valence-corrected chi connectivity index (χ2v) is 8.98. The van der Waals surface area contributed by atoms with Crippen molar-refractivity contribution in [2.24, 2.45) is 0 Å². The van der Waals surface area contributed by atoms with Crippen LogP contribution in [0.3, 0.4) is 0 Å². The van der Waals surface area contributed by atoms with Gasteiger partial charge in [-0.15, -0.1) is 0 Å². The highest BCUT2D eigenvalue weighted by Gasteiger charge is 2.29. The molecule has 0 aliphatic carbocycles. The fourth-order valence-electron chi connectivity index (χ4n) is 4.09. The van der Waals surface area contributed by atoms with Crippen LogP contribution in [0.2, 0.25) is 5.02 Å². The van der Waals surface area contributed by atoms with E-state index in [1.165, 1.54) is 0 Å². The molecule has 192 valence electrons. The summed E-state index contributed by atoms with van der Waals surface area (Å²) in [5, 5.41) is 18.1. The summed E-state index contributed by atoms with van der Waals surface area (Å²) in [7, 11) is 1.55. The van der Waals surface area contributed by atoms with Crippen molar-refractivity contribution in [3.8, 4) is 34.4 Å². The zero-order valence-electron chi connectivity index (χ0n) is 20.3. The van der Waals surface area contributed by atoms with Crippen molar-refractivity contribution in [2.75, 3.05) is 13.7 Å². The summed E-state index contributed by atoms with van der Waals surface area (Å²) in [5.41, 5.74) is 2.99. The number of ketones is 1. The van der Waals surface area contributed by atoms with Crippen LogP contribution in [0.5, 0.6) is 23.1 Å². The smallest absolute Gasteiger partial charge is 0.311 e. The third-order valence-electron chi connectivity index (χ3n) is 6.11. The standard InChI is InChI=1S/C28H22ClN3O6/c1-36-27-9-4-17(15-30-27)23-8-5-18(31-32-23)12-24(33)16-2-6-19(7-3-16)38-26-14-25-21(13-22(26)29)20(28(34)35)10-11-37-25/h2-9,13-15,20H,10-12H2,1H3,(H,34,35). The predicted octanol–water partition coefficient (Wildman–Crippen LogP) is 5.37. The molecule has 0 bridgehead atoms. The number of rotatable bonds is 8. The fourth-order valence-corrected chi connectivity index (χ4v) is 4.30. The Morgan fingerprint density at radius 1 is 1.08 bits per heavy atom. The van der Waals surface area contributed by atoms with Gasteiger partial charge in [-0.05, 0) is 55.0 Å². The van der Waals surface area contributed by atoms with Gasteiger partial charge in [0.1, 0.15) is 17.2 Å². The van der Waals surface area contributed by atoms with E-state index in [-0.39, 0.29) is 17.2 Å². The fraction of sp³-hybridized carbons (Fsp3) is 0.179. The molecule has 1 unspecified atom stereocenters. The highest BCUT2D eigenvalue weighted by Crippen LogP contribution is 2.41. The zero-order chi connectivity index (χ0) is 26.6. The summed E-state index contributed by atoms with van der Waals surface area (Å²) in [5.74, 6) is 0.0278. The molecule has 10 heteroatoms. The number of benzene rings is 2. The van der Waals surface area contributed by atoms with Gasteiger partial charge < -0.3 is 19.3 Å². The van der Waals surface area contributed by atoms with E-state index in [1.807, 2.05) is 6.07 Å². The van der Waals surface area contributed by atoms with E-state index in [0.29, 0.717) is 58.7 Å². The number of carbonyl (C=O) groups excluding carboxylic acids is 1. The minimum atomic E-state index is -0.920. The highest BCUT2D eigenvalue weighted by atomic mass is 35.5. The van der Waals surface area contributed by atoms with Crippen molar-refractivity contribution in [1.29, 1.82) is 0 Å². The number of fused-ring (bicyclic) bond motifs is 1. The van der Waals surface area contributed by atoms with Crippen molar-refractivity contribution in [3.63, 3.8) is 0 Å². The van der Waals surface area contributed by atoms with Gasteiger partial charge in [0.05, 0.1) is 42.5 Å². The van der Waals surface area contributed by atoms with Crippen LogP contribution in [0.4, 0.5) is 0 Å². The first-order valence-electron chi connectivity index (χ1n) is 11.7. The molecular formula is C28H22ClN3O6. The quantitative estimate of drug-likeness (QED) is 0.299. The molecule has 1 aliphatic heterocycles. The van der Waals surface area contributed by atoms with Crippen LogP contribution < -0.4 is 14.2 Å². The van der Waals surface area contributed by atoms with Crippen molar-refractivity contribution in [3.05, 3.63) is 88.7 Å². The van der Waals surface area contributed by atoms with Gasteiger partial charge in [0, 0.05) is 35.0 Å². The number of methoxy groups -OCH3 is 1. The second kappa shape index (κ2) is 10.9. The van der Waals surface area contributed by atoms with Gasteiger partial charge in [0.2, 0.25) is 5.88 Å². The molecule has 0 spiro atoms. The summed E-state index contributed by atoms with van der Waals surface area (Å²) >= 11 is 6.37. The van der Waals surface area contributed by atoms with Crippen LogP contribution in [0.1, 0.15) is 34.0 Å². The topological polar surface area (TPSA) is 121 Å². The first-order chi connectivity index (χ1) is 18.4. The Labute approximate surface area is 223 Å². The average Bonchev–Trinajstić information content (AvgIpc) is 2.94. The van der Waals surface area contributed by atoms with E-state index in [1.54, 1.807) is 67.9 Å². The van der Waals surface area contributed by atoms with E-state index in [9.17, 15) is 14.7 Å². The Bertz CT molecular complexity index is 1470. The summed E-state index contributed by atoms with van der Waals surface area (Å²) < 4.78 is 16.6. The number of carboxylic acid groups (broad SMARTS) is 1. The van der Waals surface area contributed by atoms with E-state index >= 15 is 0 Å². The molecule has 1 aliphatic rings. The van der Waals surface area contributed by atoms with Gasteiger partial charge in [-0.2, -0.15) is 10.2 Å². The molecule has 1 atom stereocenters. The van der Waals surface area contributed by atoms with Crippen LogP contribution in [0.15, 0.2) is 66.9 Å². The van der Waals surface area contributed by atoms with E-state index in [0.717, 1.165) is 5.56 Å². The average molecular weight is 532 g/mol. The Morgan fingerprint density at radius 2 is 1.89 bits per heavy atom. The minimum Gasteiger partial charge on any atom is -0.493 e. The Morgan fingerprint density at radius 3 is 2.55 bits per heavy atom. The summed E-state index contributed by atoms with van der Waals surface area (Å²) in [6.45, 7) is 0.299. The molecule has 3 heterocycles. The molecule has 0 amide bonds. The molecule has 0 radical (unpaired) electrons. The summed E-state index contributed by atoms with van der Waals surface area (Å²) in [6.07, 6.45) is 2.12. The van der Waals surface area contributed by atoms with Gasteiger partial charge in [0.15, 0.2) is 5.78 Å². The van der Waals surface area contributed by atoms with E-state index in [2.05, 4.69) is 15.2 Å². The van der Waals surface area contributed by atoms with Crippen LogP contribution in [0, 0.1) is 0 Å².